The van der Waals surface area contributed by atoms with E-state index >= 15 is 0 Å². The van der Waals surface area contributed by atoms with Crippen molar-refractivity contribution >= 4 is 23.2 Å². The highest BCUT2D eigenvalue weighted by Crippen LogP contribution is 2.42. The molecule has 6 heteroatoms. The average molecular weight is 520 g/mol. The smallest absolute Gasteiger partial charge is 0.262 e. The van der Waals surface area contributed by atoms with E-state index in [1.54, 1.807) is 0 Å². The second-order valence-electron chi connectivity index (χ2n) is 10.1. The molecule has 0 unspecified atom stereocenters. The third kappa shape index (κ3) is 5.80. The van der Waals surface area contributed by atoms with Crippen LogP contribution in [-0.4, -0.2) is 24.5 Å². The van der Waals surface area contributed by atoms with Crippen LogP contribution in [0, 0.1) is 6.92 Å². The number of rotatable bonds is 8. The van der Waals surface area contributed by atoms with Crippen molar-refractivity contribution < 1.29 is 14.3 Å². The monoisotopic (exact) mass is 519 g/mol. The molecule has 0 radical (unpaired) electrons. The number of amides is 2. The number of hydrogen-bond donors (Lipinski definition) is 1. The van der Waals surface area contributed by atoms with Crippen molar-refractivity contribution in [1.82, 2.24) is 5.32 Å². The molecule has 0 saturated carbocycles. The number of para-hydroxylation sites is 1. The number of benzene rings is 4. The third-order valence-electron chi connectivity index (χ3n) is 6.71. The molecule has 0 aliphatic carbocycles. The molecular formula is C33H33N3O3. The van der Waals surface area contributed by atoms with Crippen molar-refractivity contribution in [3.63, 3.8) is 0 Å². The molecule has 5 rings (SSSR count). The Balaban J connectivity index is 1.55. The largest absolute Gasteiger partial charge is 0.484 e. The lowest BCUT2D eigenvalue weighted by atomic mass is 9.99. The molecule has 4 aromatic carbocycles. The molecule has 0 saturated heterocycles. The maximum atomic E-state index is 14.0. The van der Waals surface area contributed by atoms with Crippen molar-refractivity contribution in [3.8, 4) is 5.75 Å². The van der Waals surface area contributed by atoms with E-state index < -0.39 is 6.17 Å². The summed E-state index contributed by atoms with van der Waals surface area (Å²) in [5.41, 5.74) is 5.60. The quantitative estimate of drug-likeness (QED) is 0.298. The molecule has 0 fully saturated rings. The standard InChI is InChI=1S/C33H33N3O3/c1-23(2)34-31(37)22-39-28-19-15-26(16-20-28)32-35(21-25-9-5-4-6-10-25)30-12-8-7-11-29(30)33(38)36(32)27-17-13-24(3)14-18-27/h4-20,23,32H,21-22H2,1-3H3,(H,34,37)/t32-/m1/s1. The van der Waals surface area contributed by atoms with Crippen LogP contribution in [0.3, 0.4) is 0 Å². The predicted octanol–water partition coefficient (Wildman–Crippen LogP) is 6.26. The van der Waals surface area contributed by atoms with Gasteiger partial charge in [-0.2, -0.15) is 0 Å². The van der Waals surface area contributed by atoms with Gasteiger partial charge in [-0.15, -0.1) is 0 Å². The zero-order valence-electron chi connectivity index (χ0n) is 22.5. The molecule has 0 spiro atoms. The van der Waals surface area contributed by atoms with E-state index in [1.807, 2.05) is 117 Å². The van der Waals surface area contributed by atoms with Crippen molar-refractivity contribution in [2.75, 3.05) is 16.4 Å². The fourth-order valence-corrected chi connectivity index (χ4v) is 4.91. The normalized spacial score (nSPS) is 14.8. The Morgan fingerprint density at radius 2 is 1.54 bits per heavy atom. The maximum absolute atomic E-state index is 14.0. The van der Waals surface area contributed by atoms with Crippen molar-refractivity contribution in [3.05, 3.63) is 125 Å². The van der Waals surface area contributed by atoms with Crippen molar-refractivity contribution in [2.45, 2.75) is 39.5 Å². The Labute approximate surface area is 229 Å². The number of hydrogen-bond acceptors (Lipinski definition) is 4. The Bertz CT molecular complexity index is 1430. The third-order valence-corrected chi connectivity index (χ3v) is 6.71. The number of nitrogens with zero attached hydrogens (tertiary/aromatic N) is 2. The lowest BCUT2D eigenvalue weighted by Gasteiger charge is -2.46. The fourth-order valence-electron chi connectivity index (χ4n) is 4.91. The number of aryl methyl sites for hydroxylation is 1. The minimum atomic E-state index is -0.395. The van der Waals surface area contributed by atoms with Crippen molar-refractivity contribution in [1.29, 1.82) is 0 Å². The van der Waals surface area contributed by atoms with E-state index in [4.69, 9.17) is 4.74 Å². The average Bonchev–Trinajstić information content (AvgIpc) is 2.94. The molecule has 0 aromatic heterocycles. The van der Waals surface area contributed by atoms with E-state index in [0.717, 1.165) is 28.1 Å². The topological polar surface area (TPSA) is 61.9 Å². The van der Waals surface area contributed by atoms with Gasteiger partial charge in [-0.25, -0.2) is 0 Å². The molecule has 1 N–H and O–H groups in total. The van der Waals surface area contributed by atoms with Crippen molar-refractivity contribution in [2.24, 2.45) is 0 Å². The summed E-state index contributed by atoms with van der Waals surface area (Å²) in [6.07, 6.45) is -0.395. The van der Waals surface area contributed by atoms with Gasteiger partial charge < -0.3 is 15.0 Å². The molecule has 39 heavy (non-hydrogen) atoms. The SMILES string of the molecule is Cc1ccc(N2C(=O)c3ccccc3N(Cc3ccccc3)[C@H]2c2ccc(OCC(=O)NC(C)C)cc2)cc1. The zero-order valence-corrected chi connectivity index (χ0v) is 22.5. The van der Waals surface area contributed by atoms with Crippen LogP contribution in [0.5, 0.6) is 5.75 Å². The van der Waals surface area contributed by atoms with Crippen LogP contribution in [-0.2, 0) is 11.3 Å². The summed E-state index contributed by atoms with van der Waals surface area (Å²) >= 11 is 0. The summed E-state index contributed by atoms with van der Waals surface area (Å²) in [6, 6.07) is 33.8. The van der Waals surface area contributed by atoms with Crippen LogP contribution in [0.1, 0.15) is 47.1 Å². The van der Waals surface area contributed by atoms with E-state index in [2.05, 4.69) is 22.3 Å². The highest BCUT2D eigenvalue weighted by atomic mass is 16.5. The van der Waals surface area contributed by atoms with Gasteiger partial charge in [-0.05, 0) is 68.3 Å². The van der Waals surface area contributed by atoms with Gasteiger partial charge in [-0.1, -0.05) is 72.3 Å². The molecule has 1 aliphatic rings. The van der Waals surface area contributed by atoms with Gasteiger partial charge >= 0.3 is 0 Å². The summed E-state index contributed by atoms with van der Waals surface area (Å²) in [6.45, 7) is 6.43. The van der Waals surface area contributed by atoms with Gasteiger partial charge in [0.25, 0.3) is 11.8 Å². The minimum absolute atomic E-state index is 0.0468. The summed E-state index contributed by atoms with van der Waals surface area (Å²) in [4.78, 5) is 30.2. The second-order valence-corrected chi connectivity index (χ2v) is 10.1. The molecule has 1 heterocycles. The Morgan fingerprint density at radius 1 is 0.872 bits per heavy atom. The minimum Gasteiger partial charge on any atom is -0.484 e. The first kappa shape index (κ1) is 26.0. The maximum Gasteiger partial charge on any atom is 0.262 e. The van der Waals surface area contributed by atoms with Crippen LogP contribution in [0.25, 0.3) is 0 Å². The van der Waals surface area contributed by atoms with Crippen LogP contribution in [0.4, 0.5) is 11.4 Å². The van der Waals surface area contributed by atoms with E-state index in [-0.39, 0.29) is 24.5 Å². The molecular weight excluding hydrogens is 486 g/mol. The Hall–Kier alpha value is -4.58. The van der Waals surface area contributed by atoms with Crippen LogP contribution in [0.15, 0.2) is 103 Å². The van der Waals surface area contributed by atoms with Gasteiger partial charge in [0.15, 0.2) is 6.61 Å². The predicted molar refractivity (Wildman–Crippen MR) is 155 cm³/mol. The van der Waals surface area contributed by atoms with E-state index in [0.29, 0.717) is 17.9 Å². The first-order chi connectivity index (χ1) is 18.9. The molecule has 2 amide bonds. The fraction of sp³-hybridized carbons (Fsp3) is 0.212. The molecule has 6 nitrogen and oxygen atoms in total. The number of carbonyl (C=O) groups excluding carboxylic acids is 2. The molecule has 1 aliphatic heterocycles. The summed E-state index contributed by atoms with van der Waals surface area (Å²) in [7, 11) is 0. The highest BCUT2D eigenvalue weighted by Gasteiger charge is 2.39. The first-order valence-electron chi connectivity index (χ1n) is 13.2. The van der Waals surface area contributed by atoms with E-state index in [9.17, 15) is 9.59 Å². The first-order valence-corrected chi connectivity index (χ1v) is 13.2. The number of carbonyl (C=O) groups is 2. The van der Waals surface area contributed by atoms with Gasteiger partial charge in [0.1, 0.15) is 11.9 Å². The van der Waals surface area contributed by atoms with Gasteiger partial charge in [-0.3, -0.25) is 14.5 Å². The lowest BCUT2D eigenvalue weighted by Crippen LogP contribution is -2.49. The molecule has 198 valence electrons. The number of fused-ring (bicyclic) bond motifs is 1. The molecule has 1 atom stereocenters. The number of nitrogens with one attached hydrogen (secondary N) is 1. The highest BCUT2D eigenvalue weighted by molar-refractivity contribution is 6.12. The zero-order chi connectivity index (χ0) is 27.4. The van der Waals surface area contributed by atoms with E-state index in [1.165, 1.54) is 0 Å². The summed E-state index contributed by atoms with van der Waals surface area (Å²) < 4.78 is 5.73. The summed E-state index contributed by atoms with van der Waals surface area (Å²) in [5.74, 6) is 0.384. The Kier molecular flexibility index (Phi) is 7.64. The molecule has 0 bridgehead atoms. The van der Waals surface area contributed by atoms with Crippen LogP contribution in [0.2, 0.25) is 0 Å². The lowest BCUT2D eigenvalue weighted by molar-refractivity contribution is -0.123. The van der Waals surface area contributed by atoms with Crippen LogP contribution < -0.4 is 19.9 Å². The second kappa shape index (κ2) is 11.4. The van der Waals surface area contributed by atoms with Crippen LogP contribution >= 0.6 is 0 Å². The number of anilines is 2. The van der Waals surface area contributed by atoms with Gasteiger partial charge in [0.05, 0.1) is 11.3 Å². The van der Waals surface area contributed by atoms with Gasteiger partial charge in [0.2, 0.25) is 0 Å². The van der Waals surface area contributed by atoms with Gasteiger partial charge in [0, 0.05) is 18.3 Å². The molecule has 4 aromatic rings. The Morgan fingerprint density at radius 3 is 2.23 bits per heavy atom. The number of ether oxygens (including phenoxy) is 1. The summed E-state index contributed by atoms with van der Waals surface area (Å²) in [5, 5.41) is 2.83.